The van der Waals surface area contributed by atoms with Gasteiger partial charge < -0.3 is 15.1 Å². The molecule has 0 radical (unpaired) electrons. The van der Waals surface area contributed by atoms with Crippen LogP contribution >= 0.6 is 12.2 Å². The van der Waals surface area contributed by atoms with Crippen LogP contribution in [0, 0.1) is 0 Å². The highest BCUT2D eigenvalue weighted by Crippen LogP contribution is 2.08. The fraction of sp³-hybridized carbons (Fsp3) is 0.333. The molecular formula is C12H15N3OS. The van der Waals surface area contributed by atoms with E-state index in [1.165, 1.54) is 0 Å². The molecule has 0 aliphatic carbocycles. The smallest absolute Gasteiger partial charge is 0.209 e. The normalized spacial score (nSPS) is 15.5. The Morgan fingerprint density at radius 1 is 1.18 bits per heavy atom. The number of rotatable bonds is 2. The zero-order chi connectivity index (χ0) is 12.1. The molecule has 0 atom stereocenters. The summed E-state index contributed by atoms with van der Waals surface area (Å²) in [5, 5.41) is 3.92. The number of benzene rings is 1. The van der Waals surface area contributed by atoms with E-state index in [1.54, 1.807) is 4.90 Å². The van der Waals surface area contributed by atoms with Crippen molar-refractivity contribution in [3.8, 4) is 0 Å². The van der Waals surface area contributed by atoms with Crippen LogP contribution in [0.2, 0.25) is 0 Å². The molecule has 17 heavy (non-hydrogen) atoms. The third-order valence-electron chi connectivity index (χ3n) is 2.78. The third kappa shape index (κ3) is 3.17. The quantitative estimate of drug-likeness (QED) is 0.630. The predicted octanol–water partition coefficient (Wildman–Crippen LogP) is 1.16. The average molecular weight is 249 g/mol. The molecule has 1 aliphatic rings. The van der Waals surface area contributed by atoms with E-state index in [1.807, 2.05) is 30.3 Å². The van der Waals surface area contributed by atoms with Crippen LogP contribution in [-0.4, -0.2) is 47.5 Å². The number of piperazine rings is 1. The average Bonchev–Trinajstić information content (AvgIpc) is 2.40. The van der Waals surface area contributed by atoms with Crippen molar-refractivity contribution < 1.29 is 4.79 Å². The van der Waals surface area contributed by atoms with Crippen LogP contribution in [0.25, 0.3) is 0 Å². The number of hydrogen-bond acceptors (Lipinski definition) is 2. The molecule has 1 amide bonds. The van der Waals surface area contributed by atoms with Gasteiger partial charge in [0.25, 0.3) is 0 Å². The summed E-state index contributed by atoms with van der Waals surface area (Å²) in [6, 6.07) is 9.86. The number of nitrogens with zero attached hydrogens (tertiary/aromatic N) is 2. The van der Waals surface area contributed by atoms with E-state index >= 15 is 0 Å². The van der Waals surface area contributed by atoms with Crippen molar-refractivity contribution in [3.63, 3.8) is 0 Å². The minimum atomic E-state index is 0.724. The summed E-state index contributed by atoms with van der Waals surface area (Å²) in [6.45, 7) is 3.05. The summed E-state index contributed by atoms with van der Waals surface area (Å²) in [7, 11) is 0. The van der Waals surface area contributed by atoms with Gasteiger partial charge >= 0.3 is 0 Å². The lowest BCUT2D eigenvalue weighted by Gasteiger charge is -2.34. The maximum absolute atomic E-state index is 10.6. The molecule has 1 heterocycles. The van der Waals surface area contributed by atoms with Crippen molar-refractivity contribution in [1.82, 2.24) is 9.80 Å². The molecule has 2 rings (SSSR count). The Labute approximate surface area is 106 Å². The molecule has 4 nitrogen and oxygen atoms in total. The SMILES string of the molecule is O=CN1CCN(C(=S)Nc2ccccc2)CC1. The number of nitrogens with one attached hydrogen (secondary N) is 1. The van der Waals surface area contributed by atoms with Crippen LogP contribution in [0.15, 0.2) is 30.3 Å². The summed E-state index contributed by atoms with van der Waals surface area (Å²) >= 11 is 5.34. The molecule has 0 bridgehead atoms. The van der Waals surface area contributed by atoms with Gasteiger partial charge in [-0.2, -0.15) is 0 Å². The molecule has 1 N–H and O–H groups in total. The Balaban J connectivity index is 1.87. The number of para-hydroxylation sites is 1. The lowest BCUT2D eigenvalue weighted by atomic mass is 10.3. The molecule has 1 aromatic rings. The largest absolute Gasteiger partial charge is 0.345 e. The summed E-state index contributed by atoms with van der Waals surface area (Å²) in [5.74, 6) is 0. The molecule has 1 aromatic carbocycles. The van der Waals surface area contributed by atoms with Crippen LogP contribution in [-0.2, 0) is 4.79 Å². The summed E-state index contributed by atoms with van der Waals surface area (Å²) < 4.78 is 0. The number of thiocarbonyl (C=S) groups is 1. The summed E-state index contributed by atoms with van der Waals surface area (Å²) in [5.41, 5.74) is 0.996. The van der Waals surface area contributed by atoms with Crippen LogP contribution in [0.3, 0.4) is 0 Å². The van der Waals surface area contributed by atoms with E-state index in [2.05, 4.69) is 10.2 Å². The standard InChI is InChI=1S/C12H15N3OS/c16-10-14-6-8-15(9-7-14)12(17)13-11-4-2-1-3-5-11/h1-5,10H,6-9H2,(H,13,17). The van der Waals surface area contributed by atoms with E-state index in [0.717, 1.165) is 43.4 Å². The first-order chi connectivity index (χ1) is 8.29. The zero-order valence-corrected chi connectivity index (χ0v) is 10.3. The van der Waals surface area contributed by atoms with Crippen LogP contribution in [0.4, 0.5) is 5.69 Å². The highest BCUT2D eigenvalue weighted by atomic mass is 32.1. The molecule has 90 valence electrons. The Morgan fingerprint density at radius 3 is 2.41 bits per heavy atom. The van der Waals surface area contributed by atoms with Crippen LogP contribution < -0.4 is 5.32 Å². The van der Waals surface area contributed by atoms with Crippen molar-refractivity contribution in [2.45, 2.75) is 0 Å². The third-order valence-corrected chi connectivity index (χ3v) is 3.14. The van der Waals surface area contributed by atoms with E-state index in [4.69, 9.17) is 12.2 Å². The first-order valence-electron chi connectivity index (χ1n) is 5.60. The van der Waals surface area contributed by atoms with Gasteiger partial charge in [0, 0.05) is 31.9 Å². The van der Waals surface area contributed by atoms with E-state index in [-0.39, 0.29) is 0 Å². The van der Waals surface area contributed by atoms with E-state index < -0.39 is 0 Å². The molecule has 0 spiro atoms. The zero-order valence-electron chi connectivity index (χ0n) is 9.50. The number of amides is 1. The Hall–Kier alpha value is -1.62. The molecule has 0 aromatic heterocycles. The van der Waals surface area contributed by atoms with Gasteiger partial charge in [0.15, 0.2) is 5.11 Å². The molecule has 1 fully saturated rings. The molecule has 0 saturated carbocycles. The van der Waals surface area contributed by atoms with Crippen molar-refractivity contribution in [2.75, 3.05) is 31.5 Å². The Kier molecular flexibility index (Phi) is 3.93. The topological polar surface area (TPSA) is 35.6 Å². The lowest BCUT2D eigenvalue weighted by molar-refractivity contribution is -0.119. The minimum Gasteiger partial charge on any atom is -0.345 e. The van der Waals surface area contributed by atoms with Gasteiger partial charge in [0.2, 0.25) is 6.41 Å². The van der Waals surface area contributed by atoms with Crippen LogP contribution in [0.1, 0.15) is 0 Å². The number of hydrogen-bond donors (Lipinski definition) is 1. The van der Waals surface area contributed by atoms with Gasteiger partial charge in [-0.05, 0) is 24.4 Å². The van der Waals surface area contributed by atoms with Gasteiger partial charge in [0.1, 0.15) is 0 Å². The second-order valence-corrected chi connectivity index (χ2v) is 4.31. The predicted molar refractivity (Wildman–Crippen MR) is 71.9 cm³/mol. The maximum atomic E-state index is 10.6. The lowest BCUT2D eigenvalue weighted by Crippen LogP contribution is -2.49. The fourth-order valence-corrected chi connectivity index (χ4v) is 2.05. The fourth-order valence-electron chi connectivity index (χ4n) is 1.75. The van der Waals surface area contributed by atoms with Gasteiger partial charge in [0.05, 0.1) is 0 Å². The van der Waals surface area contributed by atoms with Gasteiger partial charge in [-0.3, -0.25) is 4.79 Å². The van der Waals surface area contributed by atoms with Crippen molar-refractivity contribution in [3.05, 3.63) is 30.3 Å². The number of carbonyl (C=O) groups excluding carboxylic acids is 1. The first-order valence-corrected chi connectivity index (χ1v) is 6.01. The molecular weight excluding hydrogens is 234 g/mol. The monoisotopic (exact) mass is 249 g/mol. The molecule has 1 aliphatic heterocycles. The number of anilines is 1. The molecule has 0 unspecified atom stereocenters. The highest BCUT2D eigenvalue weighted by molar-refractivity contribution is 7.80. The van der Waals surface area contributed by atoms with E-state index in [9.17, 15) is 4.79 Å². The highest BCUT2D eigenvalue weighted by Gasteiger charge is 2.17. The second kappa shape index (κ2) is 5.63. The number of carbonyl (C=O) groups is 1. The molecule has 5 heteroatoms. The summed E-state index contributed by atoms with van der Waals surface area (Å²) in [4.78, 5) is 14.4. The summed E-state index contributed by atoms with van der Waals surface area (Å²) in [6.07, 6.45) is 0.894. The van der Waals surface area contributed by atoms with Gasteiger partial charge in [-0.15, -0.1) is 0 Å². The van der Waals surface area contributed by atoms with Crippen molar-refractivity contribution in [1.29, 1.82) is 0 Å². The van der Waals surface area contributed by atoms with E-state index in [0.29, 0.717) is 0 Å². The first kappa shape index (κ1) is 11.9. The van der Waals surface area contributed by atoms with Crippen molar-refractivity contribution in [2.24, 2.45) is 0 Å². The minimum absolute atomic E-state index is 0.724. The van der Waals surface area contributed by atoms with Crippen LogP contribution in [0.5, 0.6) is 0 Å². The Morgan fingerprint density at radius 2 is 1.82 bits per heavy atom. The second-order valence-electron chi connectivity index (χ2n) is 3.92. The van der Waals surface area contributed by atoms with Crippen molar-refractivity contribution >= 4 is 29.4 Å². The Bertz CT molecular complexity index is 388. The van der Waals surface area contributed by atoms with Gasteiger partial charge in [-0.25, -0.2) is 0 Å². The maximum Gasteiger partial charge on any atom is 0.209 e. The van der Waals surface area contributed by atoms with Gasteiger partial charge in [-0.1, -0.05) is 18.2 Å². The molecule has 1 saturated heterocycles.